The predicted octanol–water partition coefficient (Wildman–Crippen LogP) is 1.93. The maximum atomic E-state index is 10.9. The Hall–Kier alpha value is -2.06. The van der Waals surface area contributed by atoms with Gasteiger partial charge in [0, 0.05) is 5.75 Å². The molecule has 2 rings (SSSR count). The summed E-state index contributed by atoms with van der Waals surface area (Å²) in [6, 6.07) is 7.18. The summed E-state index contributed by atoms with van der Waals surface area (Å²) in [5.74, 6) is -3.12. The third kappa shape index (κ3) is 5.74. The molecular formula is C14H18N2O5S. The Bertz CT molecular complexity index is 595. The molecule has 8 heteroatoms. The second-order valence-electron chi connectivity index (χ2n) is 4.39. The number of benzene rings is 1. The first-order valence-corrected chi connectivity index (χ1v) is 7.48. The quantitative estimate of drug-likeness (QED) is 0.690. The molecule has 0 aliphatic carbocycles. The molecule has 0 spiro atoms. The predicted molar refractivity (Wildman–Crippen MR) is 83.1 cm³/mol. The molecule has 120 valence electrons. The van der Waals surface area contributed by atoms with Crippen LogP contribution in [0.15, 0.2) is 33.9 Å². The number of thioether (sulfide) groups is 1. The van der Waals surface area contributed by atoms with Crippen molar-refractivity contribution >= 4 is 34.8 Å². The van der Waals surface area contributed by atoms with Crippen molar-refractivity contribution < 1.29 is 24.2 Å². The van der Waals surface area contributed by atoms with E-state index in [1.54, 1.807) is 12.1 Å². The molecular weight excluding hydrogens is 308 g/mol. The number of carboxylic acids is 2. The van der Waals surface area contributed by atoms with Gasteiger partial charge in [0.1, 0.15) is 5.52 Å². The summed E-state index contributed by atoms with van der Waals surface area (Å²) < 4.78 is 5.41. The summed E-state index contributed by atoms with van der Waals surface area (Å²) in [6.07, 6.45) is -0.414. The zero-order valence-electron chi connectivity index (χ0n) is 12.3. The Labute approximate surface area is 131 Å². The average molecular weight is 326 g/mol. The number of rotatable bonds is 6. The molecule has 0 bridgehead atoms. The summed E-state index contributed by atoms with van der Waals surface area (Å²) in [7, 11) is 3.75. The largest absolute Gasteiger partial charge is 0.481 e. The van der Waals surface area contributed by atoms with E-state index in [0.717, 1.165) is 11.8 Å². The Morgan fingerprint density at radius 3 is 2.50 bits per heavy atom. The molecule has 0 saturated heterocycles. The van der Waals surface area contributed by atoms with E-state index in [1.165, 1.54) is 0 Å². The van der Waals surface area contributed by atoms with E-state index in [0.29, 0.717) is 16.3 Å². The Kier molecular flexibility index (Phi) is 7.41. The number of para-hydroxylation sites is 2. The van der Waals surface area contributed by atoms with E-state index in [1.807, 2.05) is 26.2 Å². The van der Waals surface area contributed by atoms with Gasteiger partial charge in [0.15, 0.2) is 5.58 Å². The first kappa shape index (κ1) is 18.0. The third-order valence-electron chi connectivity index (χ3n) is 2.45. The minimum absolute atomic E-state index is 0.106. The number of carbonyl (C=O) groups is 2. The van der Waals surface area contributed by atoms with Crippen LogP contribution in [0.1, 0.15) is 6.42 Å². The lowest BCUT2D eigenvalue weighted by Crippen LogP contribution is -2.20. The number of aliphatic carboxylic acids is 2. The molecule has 0 saturated carbocycles. The van der Waals surface area contributed by atoms with Crippen molar-refractivity contribution in [2.24, 2.45) is 5.92 Å². The van der Waals surface area contributed by atoms with E-state index >= 15 is 0 Å². The zero-order valence-corrected chi connectivity index (χ0v) is 13.1. The molecule has 0 aliphatic heterocycles. The van der Waals surface area contributed by atoms with E-state index in [4.69, 9.17) is 14.6 Å². The number of oxazole rings is 1. The minimum Gasteiger partial charge on any atom is -0.481 e. The van der Waals surface area contributed by atoms with Crippen molar-refractivity contribution in [1.29, 1.82) is 0 Å². The highest BCUT2D eigenvalue weighted by molar-refractivity contribution is 7.99. The summed E-state index contributed by atoms with van der Waals surface area (Å²) >= 11 is 1.10. The van der Waals surface area contributed by atoms with Gasteiger partial charge in [-0.1, -0.05) is 23.9 Å². The van der Waals surface area contributed by atoms with Crippen LogP contribution in [0, 0.1) is 5.92 Å². The number of hydrogen-bond donors (Lipinski definition) is 3. The van der Waals surface area contributed by atoms with E-state index in [2.05, 4.69) is 10.3 Å². The van der Waals surface area contributed by atoms with Crippen molar-refractivity contribution in [1.82, 2.24) is 10.3 Å². The Morgan fingerprint density at radius 2 is 1.95 bits per heavy atom. The number of hydrogen-bond acceptors (Lipinski definition) is 6. The molecule has 22 heavy (non-hydrogen) atoms. The van der Waals surface area contributed by atoms with Crippen molar-refractivity contribution in [3.8, 4) is 0 Å². The fourth-order valence-corrected chi connectivity index (χ4v) is 2.43. The lowest BCUT2D eigenvalue weighted by atomic mass is 10.1. The zero-order chi connectivity index (χ0) is 16.5. The van der Waals surface area contributed by atoms with Crippen LogP contribution in [0.3, 0.4) is 0 Å². The molecule has 1 aromatic carbocycles. The van der Waals surface area contributed by atoms with Crippen LogP contribution in [0.25, 0.3) is 11.1 Å². The van der Waals surface area contributed by atoms with Crippen LogP contribution in [0.5, 0.6) is 0 Å². The molecule has 0 aliphatic rings. The normalized spacial score (nSPS) is 11.5. The van der Waals surface area contributed by atoms with Crippen molar-refractivity contribution in [3.05, 3.63) is 24.3 Å². The number of carboxylic acid groups (broad SMARTS) is 2. The van der Waals surface area contributed by atoms with Gasteiger partial charge in [0.2, 0.25) is 0 Å². The summed E-state index contributed by atoms with van der Waals surface area (Å²) in [5, 5.41) is 20.6. The van der Waals surface area contributed by atoms with Gasteiger partial charge in [-0.3, -0.25) is 9.59 Å². The molecule has 1 unspecified atom stereocenters. The summed E-state index contributed by atoms with van der Waals surface area (Å²) in [6.45, 7) is 0. The first-order valence-electron chi connectivity index (χ1n) is 6.49. The number of nitrogens with one attached hydrogen (secondary N) is 1. The van der Waals surface area contributed by atoms with Crippen LogP contribution in [-0.2, 0) is 9.59 Å². The molecule has 1 heterocycles. The van der Waals surface area contributed by atoms with E-state index < -0.39 is 24.3 Å². The van der Waals surface area contributed by atoms with Gasteiger partial charge < -0.3 is 19.9 Å². The van der Waals surface area contributed by atoms with Gasteiger partial charge in [0.25, 0.3) is 5.22 Å². The van der Waals surface area contributed by atoms with Gasteiger partial charge in [-0.2, -0.15) is 0 Å². The highest BCUT2D eigenvalue weighted by Crippen LogP contribution is 2.25. The first-order chi connectivity index (χ1) is 10.5. The van der Waals surface area contributed by atoms with Crippen molar-refractivity contribution in [3.63, 3.8) is 0 Å². The fraction of sp³-hybridized carbons (Fsp3) is 0.357. The van der Waals surface area contributed by atoms with Crippen LogP contribution in [0.2, 0.25) is 0 Å². The third-order valence-corrected chi connectivity index (χ3v) is 3.44. The van der Waals surface area contributed by atoms with Gasteiger partial charge in [-0.05, 0) is 26.2 Å². The van der Waals surface area contributed by atoms with Gasteiger partial charge in [-0.25, -0.2) is 4.98 Å². The molecule has 0 fully saturated rings. The number of aromatic nitrogens is 1. The monoisotopic (exact) mass is 326 g/mol. The lowest BCUT2D eigenvalue weighted by Gasteiger charge is -2.06. The highest BCUT2D eigenvalue weighted by atomic mass is 32.2. The van der Waals surface area contributed by atoms with Gasteiger partial charge in [-0.15, -0.1) is 0 Å². The van der Waals surface area contributed by atoms with Crippen molar-refractivity contribution in [2.75, 3.05) is 19.8 Å². The van der Waals surface area contributed by atoms with Crippen LogP contribution in [-0.4, -0.2) is 47.0 Å². The smallest absolute Gasteiger partial charge is 0.307 e. The number of fused-ring (bicyclic) bond motifs is 1. The Morgan fingerprint density at radius 1 is 1.32 bits per heavy atom. The maximum Gasteiger partial charge on any atom is 0.307 e. The van der Waals surface area contributed by atoms with Crippen LogP contribution < -0.4 is 5.32 Å². The average Bonchev–Trinajstić information content (AvgIpc) is 2.86. The van der Waals surface area contributed by atoms with E-state index in [-0.39, 0.29) is 5.75 Å². The molecule has 1 atom stereocenters. The van der Waals surface area contributed by atoms with Gasteiger partial charge in [0.05, 0.1) is 12.3 Å². The summed E-state index contributed by atoms with van der Waals surface area (Å²) in [4.78, 5) is 25.6. The highest BCUT2D eigenvalue weighted by Gasteiger charge is 2.22. The van der Waals surface area contributed by atoms with Crippen molar-refractivity contribution in [2.45, 2.75) is 11.6 Å². The standard InChI is InChI=1S/C12H11NO5S.C2H7N/c14-10(15)5-7(11(16)17)6-19-12-13-8-3-1-2-4-9(8)18-12;1-3-2/h1-4,7H,5-6H2,(H,14,15)(H,16,17);3H,1-2H3. The SMILES string of the molecule is CNC.O=C(O)CC(CSc1nc2ccccc2o1)C(=O)O. The van der Waals surface area contributed by atoms with Gasteiger partial charge >= 0.3 is 11.9 Å². The molecule has 2 aromatic rings. The minimum atomic E-state index is -1.13. The summed E-state index contributed by atoms with van der Waals surface area (Å²) in [5.41, 5.74) is 1.31. The second kappa shape index (κ2) is 9.06. The van der Waals surface area contributed by atoms with Crippen LogP contribution >= 0.6 is 11.8 Å². The fourth-order valence-electron chi connectivity index (χ4n) is 1.51. The Balaban J connectivity index is 0.000000745. The molecule has 1 aromatic heterocycles. The molecule has 0 amide bonds. The van der Waals surface area contributed by atoms with E-state index in [9.17, 15) is 9.59 Å². The van der Waals surface area contributed by atoms with Crippen LogP contribution in [0.4, 0.5) is 0 Å². The number of nitrogens with zero attached hydrogens (tertiary/aromatic N) is 1. The molecule has 3 N–H and O–H groups in total. The topological polar surface area (TPSA) is 113 Å². The molecule has 7 nitrogen and oxygen atoms in total. The lowest BCUT2D eigenvalue weighted by molar-refractivity contribution is -0.147. The maximum absolute atomic E-state index is 10.9. The second-order valence-corrected chi connectivity index (χ2v) is 5.36. The molecule has 0 radical (unpaired) electrons.